The van der Waals surface area contributed by atoms with E-state index in [1.165, 1.54) is 12.1 Å². The van der Waals surface area contributed by atoms with E-state index in [4.69, 9.17) is 10.6 Å². The Morgan fingerprint density at radius 1 is 1.53 bits per heavy atom. The fraction of sp³-hybridized carbons (Fsp3) is 0.200. The van der Waals surface area contributed by atoms with E-state index >= 15 is 0 Å². The number of aliphatic hydroxyl groups excluding tert-OH is 1. The molecule has 0 atom stereocenters. The van der Waals surface area contributed by atoms with Gasteiger partial charge in [0.15, 0.2) is 0 Å². The van der Waals surface area contributed by atoms with Gasteiger partial charge in [0.2, 0.25) is 0 Å². The van der Waals surface area contributed by atoms with Crippen LogP contribution in [-0.2, 0) is 6.61 Å². The normalized spacial score (nSPS) is 8.67. The number of rotatable bonds is 2. The van der Waals surface area contributed by atoms with Crippen LogP contribution >= 0.6 is 0 Å². The summed E-state index contributed by atoms with van der Waals surface area (Å²) in [6.07, 6.45) is 0. The summed E-state index contributed by atoms with van der Waals surface area (Å²) in [5, 5.41) is 11.9. The van der Waals surface area contributed by atoms with E-state index in [1.54, 1.807) is 6.07 Å². The molecule has 0 amide bonds. The molecule has 0 aliphatic carbocycles. The van der Waals surface area contributed by atoms with Gasteiger partial charge in [0.1, 0.15) is 5.82 Å². The third kappa shape index (κ3) is 3.31. The van der Waals surface area contributed by atoms with Gasteiger partial charge in [-0.05, 0) is 23.2 Å². The van der Waals surface area contributed by atoms with Crippen LogP contribution in [0.3, 0.4) is 0 Å². The monoisotopic (exact) mass is 205 g/mol. The van der Waals surface area contributed by atoms with Crippen LogP contribution in [0.2, 0.25) is 0 Å². The van der Waals surface area contributed by atoms with E-state index in [9.17, 15) is 4.39 Å². The summed E-state index contributed by atoms with van der Waals surface area (Å²) in [6.45, 7) is -0.193. The van der Waals surface area contributed by atoms with Crippen molar-refractivity contribution in [1.29, 1.82) is 0 Å². The molecule has 1 rings (SSSR count). The zero-order valence-electron chi connectivity index (χ0n) is 7.81. The van der Waals surface area contributed by atoms with E-state index < -0.39 is 5.82 Å². The molecule has 0 fully saturated rings. The minimum absolute atomic E-state index is 0.0116. The summed E-state index contributed by atoms with van der Waals surface area (Å²) in [4.78, 5) is 2.51. The molecular weight excluding hydrogens is 197 g/mol. The van der Waals surface area contributed by atoms with Crippen LogP contribution in [0.1, 0.15) is 11.1 Å². The molecule has 0 aliphatic heterocycles. The number of halogens is 1. The molecule has 1 aromatic rings. The minimum Gasteiger partial charge on any atom is -0.392 e. The maximum atomic E-state index is 13.2. The minimum atomic E-state index is -0.491. The summed E-state index contributed by atoms with van der Waals surface area (Å²) in [5.74, 6) is 4.54. The predicted octanol–water partition coefficient (Wildman–Crippen LogP) is 1.98. The first-order valence-corrected chi connectivity index (χ1v) is 4.17. The molecule has 15 heavy (non-hydrogen) atoms. The molecule has 0 heterocycles. The predicted molar refractivity (Wildman–Crippen MR) is 53.2 cm³/mol. The summed E-state index contributed by atoms with van der Waals surface area (Å²) < 4.78 is 13.2. The van der Waals surface area contributed by atoms with E-state index in [0.717, 1.165) is 0 Å². The van der Waals surface area contributed by atoms with Gasteiger partial charge in [0, 0.05) is 4.91 Å². The van der Waals surface area contributed by atoms with Crippen molar-refractivity contribution >= 4 is 0 Å². The summed E-state index contributed by atoms with van der Waals surface area (Å²) in [5.41, 5.74) is 8.69. The third-order valence-electron chi connectivity index (χ3n) is 1.65. The van der Waals surface area contributed by atoms with E-state index in [-0.39, 0.29) is 18.7 Å². The van der Waals surface area contributed by atoms with Gasteiger partial charge in [-0.2, -0.15) is 0 Å². The van der Waals surface area contributed by atoms with E-state index in [0.29, 0.717) is 5.56 Å². The SMILES string of the molecule is [N-]=[N+]=NCC#Cc1ccc(CO)cc1F. The van der Waals surface area contributed by atoms with Crippen LogP contribution in [0.15, 0.2) is 23.3 Å². The second-order valence-electron chi connectivity index (χ2n) is 2.66. The van der Waals surface area contributed by atoms with Crippen molar-refractivity contribution in [2.24, 2.45) is 5.11 Å². The lowest BCUT2D eigenvalue weighted by atomic mass is 10.1. The summed E-state index contributed by atoms with van der Waals surface area (Å²) in [6, 6.07) is 4.28. The van der Waals surface area contributed by atoms with Crippen LogP contribution in [0.4, 0.5) is 4.39 Å². The molecular formula is C10H8FN3O. The smallest absolute Gasteiger partial charge is 0.139 e. The van der Waals surface area contributed by atoms with Crippen LogP contribution in [0.5, 0.6) is 0 Å². The molecule has 0 saturated carbocycles. The molecule has 0 saturated heterocycles. The van der Waals surface area contributed by atoms with Gasteiger partial charge in [-0.25, -0.2) is 4.39 Å². The second-order valence-corrected chi connectivity index (χ2v) is 2.66. The van der Waals surface area contributed by atoms with Crippen molar-refractivity contribution < 1.29 is 9.50 Å². The molecule has 0 aliphatic rings. The summed E-state index contributed by atoms with van der Waals surface area (Å²) >= 11 is 0. The van der Waals surface area contributed by atoms with Gasteiger partial charge >= 0.3 is 0 Å². The first-order chi connectivity index (χ1) is 7.27. The van der Waals surface area contributed by atoms with Crippen LogP contribution in [-0.4, -0.2) is 11.7 Å². The Bertz CT molecular complexity index is 455. The fourth-order valence-corrected chi connectivity index (χ4v) is 0.960. The van der Waals surface area contributed by atoms with Crippen molar-refractivity contribution in [2.75, 3.05) is 6.54 Å². The molecule has 4 nitrogen and oxygen atoms in total. The molecule has 1 N–H and O–H groups in total. The topological polar surface area (TPSA) is 69.0 Å². The van der Waals surface area contributed by atoms with Gasteiger partial charge in [-0.15, -0.1) is 0 Å². The molecule has 76 valence electrons. The van der Waals surface area contributed by atoms with Crippen molar-refractivity contribution in [3.05, 3.63) is 45.6 Å². The van der Waals surface area contributed by atoms with Crippen molar-refractivity contribution in [3.63, 3.8) is 0 Å². The van der Waals surface area contributed by atoms with Gasteiger partial charge in [-0.1, -0.05) is 23.0 Å². The Kier molecular flexibility index (Phi) is 4.17. The number of nitrogens with zero attached hydrogens (tertiary/aromatic N) is 3. The van der Waals surface area contributed by atoms with E-state index in [1.807, 2.05) is 0 Å². The van der Waals surface area contributed by atoms with Gasteiger partial charge in [0.25, 0.3) is 0 Å². The summed E-state index contributed by atoms with van der Waals surface area (Å²) in [7, 11) is 0. The van der Waals surface area contributed by atoms with Crippen molar-refractivity contribution in [3.8, 4) is 11.8 Å². The Morgan fingerprint density at radius 2 is 2.33 bits per heavy atom. The van der Waals surface area contributed by atoms with E-state index in [2.05, 4.69) is 21.9 Å². The molecule has 0 radical (unpaired) electrons. The number of hydrogen-bond donors (Lipinski definition) is 1. The maximum absolute atomic E-state index is 13.2. The van der Waals surface area contributed by atoms with Crippen molar-refractivity contribution in [2.45, 2.75) is 6.61 Å². The number of benzene rings is 1. The molecule has 0 aromatic heterocycles. The molecule has 0 bridgehead atoms. The highest BCUT2D eigenvalue weighted by atomic mass is 19.1. The standard InChI is InChI=1S/C10H8FN3O/c11-10-6-8(7-15)3-4-9(10)2-1-5-13-14-12/h3-4,6,15H,5,7H2. The Morgan fingerprint density at radius 3 is 2.93 bits per heavy atom. The molecule has 0 spiro atoms. The number of azide groups is 1. The van der Waals surface area contributed by atoms with Gasteiger partial charge < -0.3 is 5.11 Å². The lowest BCUT2D eigenvalue weighted by Gasteiger charge is -1.97. The average molecular weight is 205 g/mol. The van der Waals surface area contributed by atoms with Gasteiger partial charge in [0.05, 0.1) is 18.7 Å². The Labute approximate surface area is 86.0 Å². The lowest BCUT2D eigenvalue weighted by Crippen LogP contribution is -1.88. The Hall–Kier alpha value is -2.02. The molecule has 5 heteroatoms. The quantitative estimate of drug-likeness (QED) is 0.341. The third-order valence-corrected chi connectivity index (χ3v) is 1.65. The fourth-order valence-electron chi connectivity index (χ4n) is 0.960. The Balaban J connectivity index is 2.85. The number of hydrogen-bond acceptors (Lipinski definition) is 2. The zero-order valence-corrected chi connectivity index (χ0v) is 7.81. The molecule has 0 unspecified atom stereocenters. The van der Waals surface area contributed by atoms with Crippen LogP contribution in [0, 0.1) is 17.7 Å². The highest BCUT2D eigenvalue weighted by Crippen LogP contribution is 2.09. The zero-order chi connectivity index (χ0) is 11.1. The van der Waals surface area contributed by atoms with Crippen LogP contribution < -0.4 is 0 Å². The molecule has 1 aromatic carbocycles. The average Bonchev–Trinajstić information content (AvgIpc) is 2.26. The first kappa shape index (κ1) is 11.1. The highest BCUT2D eigenvalue weighted by molar-refractivity contribution is 5.37. The lowest BCUT2D eigenvalue weighted by molar-refractivity contribution is 0.281. The second kappa shape index (κ2) is 5.66. The van der Waals surface area contributed by atoms with Gasteiger partial charge in [-0.3, -0.25) is 0 Å². The first-order valence-electron chi connectivity index (χ1n) is 4.17. The largest absolute Gasteiger partial charge is 0.392 e. The van der Waals surface area contributed by atoms with Crippen molar-refractivity contribution in [1.82, 2.24) is 0 Å². The van der Waals surface area contributed by atoms with Crippen LogP contribution in [0.25, 0.3) is 10.4 Å². The number of aliphatic hydroxyl groups is 1. The maximum Gasteiger partial charge on any atom is 0.139 e. The highest BCUT2D eigenvalue weighted by Gasteiger charge is 1.99.